The van der Waals surface area contributed by atoms with E-state index in [0.29, 0.717) is 17.9 Å². The summed E-state index contributed by atoms with van der Waals surface area (Å²) in [6.07, 6.45) is 3.41. The number of fused-ring (bicyclic) bond motifs is 2. The molecule has 0 saturated heterocycles. The van der Waals surface area contributed by atoms with Gasteiger partial charge in [-0.1, -0.05) is 23.2 Å². The molecule has 3 rings (SSSR count). The molecule has 0 amide bonds. The average molecular weight is 200 g/mol. The lowest BCUT2D eigenvalue weighted by Crippen LogP contribution is -2.33. The molecule has 0 spiro atoms. The summed E-state index contributed by atoms with van der Waals surface area (Å²) < 4.78 is 6.33. The van der Waals surface area contributed by atoms with E-state index in [1.807, 2.05) is 24.3 Å². The molecule has 0 saturated carbocycles. The minimum Gasteiger partial charge on any atom is -0.711 e. The van der Waals surface area contributed by atoms with E-state index in [2.05, 4.69) is 4.98 Å². The number of benzene rings is 1. The Morgan fingerprint density at radius 2 is 2.13 bits per heavy atom. The van der Waals surface area contributed by atoms with Crippen LogP contribution in [-0.4, -0.2) is 4.98 Å². The molecule has 4 heteroatoms. The summed E-state index contributed by atoms with van der Waals surface area (Å²) in [5.74, 6) is 1.35. The zero-order valence-corrected chi connectivity index (χ0v) is 7.88. The predicted octanol–water partition coefficient (Wildman–Crippen LogP) is 1.41. The SMILES string of the molecule is [O-][n+]1cncc2c1Cc1ccccc1O2. The fourth-order valence-corrected chi connectivity index (χ4v) is 1.71. The maximum absolute atomic E-state index is 11.4. The fourth-order valence-electron chi connectivity index (χ4n) is 1.71. The topological polar surface area (TPSA) is 49.1 Å². The van der Waals surface area contributed by atoms with Gasteiger partial charge in [0.05, 0.1) is 0 Å². The molecule has 1 aromatic heterocycles. The van der Waals surface area contributed by atoms with Crippen LogP contribution in [0.4, 0.5) is 0 Å². The third kappa shape index (κ3) is 1.22. The molecule has 2 aromatic rings. The van der Waals surface area contributed by atoms with Crippen LogP contribution in [0.3, 0.4) is 0 Å². The number of hydrogen-bond acceptors (Lipinski definition) is 3. The molecular formula is C11H8N2O2. The van der Waals surface area contributed by atoms with Gasteiger partial charge in [-0.25, -0.2) is 4.73 Å². The van der Waals surface area contributed by atoms with Gasteiger partial charge in [-0.2, -0.15) is 0 Å². The molecule has 1 aliphatic heterocycles. The highest BCUT2D eigenvalue weighted by atomic mass is 16.5. The lowest BCUT2D eigenvalue weighted by Gasteiger charge is -2.19. The van der Waals surface area contributed by atoms with Crippen molar-refractivity contribution in [1.82, 2.24) is 4.98 Å². The molecule has 0 bridgehead atoms. The minimum absolute atomic E-state index is 0.547. The first-order valence-corrected chi connectivity index (χ1v) is 4.66. The molecule has 15 heavy (non-hydrogen) atoms. The number of hydrogen-bond donors (Lipinski definition) is 0. The summed E-state index contributed by atoms with van der Waals surface area (Å²) in [5, 5.41) is 11.4. The monoisotopic (exact) mass is 200 g/mol. The van der Waals surface area contributed by atoms with Gasteiger partial charge in [-0.15, -0.1) is 0 Å². The van der Waals surface area contributed by atoms with Gasteiger partial charge in [0, 0.05) is 12.0 Å². The van der Waals surface area contributed by atoms with Crippen LogP contribution in [-0.2, 0) is 6.42 Å². The van der Waals surface area contributed by atoms with Crippen LogP contribution in [0.25, 0.3) is 0 Å². The van der Waals surface area contributed by atoms with E-state index in [0.717, 1.165) is 16.0 Å². The first-order chi connectivity index (χ1) is 7.34. The third-order valence-corrected chi connectivity index (χ3v) is 2.46. The largest absolute Gasteiger partial charge is 0.711 e. The van der Waals surface area contributed by atoms with Gasteiger partial charge in [-0.3, -0.25) is 0 Å². The van der Waals surface area contributed by atoms with Gasteiger partial charge in [0.25, 0.3) is 6.33 Å². The van der Waals surface area contributed by atoms with E-state index in [1.165, 1.54) is 6.33 Å². The number of aromatic nitrogens is 2. The molecule has 0 unspecified atom stereocenters. The standard InChI is InChI=1S/C11H8N2O2/c14-13-7-12-6-11-9(13)5-8-3-1-2-4-10(8)15-11/h1-4,6-7H,5H2. The Morgan fingerprint density at radius 1 is 1.27 bits per heavy atom. The van der Waals surface area contributed by atoms with E-state index < -0.39 is 0 Å². The quantitative estimate of drug-likeness (QED) is 0.407. The van der Waals surface area contributed by atoms with Crippen LogP contribution in [0.5, 0.6) is 11.5 Å². The van der Waals surface area contributed by atoms with Crippen LogP contribution in [0.2, 0.25) is 0 Å². The highest BCUT2D eigenvalue weighted by molar-refractivity contribution is 5.44. The van der Waals surface area contributed by atoms with Crippen LogP contribution >= 0.6 is 0 Å². The molecule has 4 nitrogen and oxygen atoms in total. The van der Waals surface area contributed by atoms with Gasteiger partial charge in [0.15, 0.2) is 11.9 Å². The fraction of sp³-hybridized carbons (Fsp3) is 0.0909. The molecule has 1 aromatic carbocycles. The van der Waals surface area contributed by atoms with Crippen molar-refractivity contribution in [3.8, 4) is 11.5 Å². The van der Waals surface area contributed by atoms with E-state index >= 15 is 0 Å². The van der Waals surface area contributed by atoms with Crippen molar-refractivity contribution in [3.63, 3.8) is 0 Å². The molecule has 0 atom stereocenters. The molecule has 1 aliphatic rings. The molecule has 0 radical (unpaired) electrons. The first kappa shape index (κ1) is 8.23. The Kier molecular flexibility index (Phi) is 1.62. The molecule has 74 valence electrons. The summed E-state index contributed by atoms with van der Waals surface area (Å²) in [6, 6.07) is 7.69. The van der Waals surface area contributed by atoms with E-state index in [9.17, 15) is 5.21 Å². The smallest absolute Gasteiger partial charge is 0.289 e. The number of rotatable bonds is 0. The number of ether oxygens (including phenoxy) is 1. The molecule has 0 aliphatic carbocycles. The highest BCUT2D eigenvalue weighted by Crippen LogP contribution is 2.33. The predicted molar refractivity (Wildman–Crippen MR) is 52.5 cm³/mol. The number of nitrogens with zero attached hydrogens (tertiary/aromatic N) is 2. The average Bonchev–Trinajstić information content (AvgIpc) is 2.27. The number of para-hydroxylation sites is 1. The summed E-state index contributed by atoms with van der Waals surface area (Å²) in [5.41, 5.74) is 1.64. The zero-order chi connectivity index (χ0) is 10.3. The van der Waals surface area contributed by atoms with E-state index in [-0.39, 0.29) is 0 Å². The molecular weight excluding hydrogens is 192 g/mol. The second-order valence-corrected chi connectivity index (χ2v) is 3.42. The Morgan fingerprint density at radius 3 is 3.07 bits per heavy atom. The van der Waals surface area contributed by atoms with Crippen LogP contribution < -0.4 is 9.47 Å². The third-order valence-electron chi connectivity index (χ3n) is 2.46. The molecule has 2 heterocycles. The van der Waals surface area contributed by atoms with Crippen LogP contribution in [0, 0.1) is 5.21 Å². The van der Waals surface area contributed by atoms with Crippen molar-refractivity contribution >= 4 is 0 Å². The summed E-state index contributed by atoms with van der Waals surface area (Å²) in [6.45, 7) is 0. The maximum atomic E-state index is 11.4. The normalized spacial score (nSPS) is 12.5. The first-order valence-electron chi connectivity index (χ1n) is 4.66. The summed E-state index contributed by atoms with van der Waals surface area (Å²) >= 11 is 0. The highest BCUT2D eigenvalue weighted by Gasteiger charge is 2.21. The zero-order valence-electron chi connectivity index (χ0n) is 7.88. The summed E-state index contributed by atoms with van der Waals surface area (Å²) in [4.78, 5) is 3.80. The van der Waals surface area contributed by atoms with Gasteiger partial charge in [0.1, 0.15) is 5.75 Å². The van der Waals surface area contributed by atoms with Crippen molar-refractivity contribution < 1.29 is 9.47 Å². The second kappa shape index (κ2) is 2.95. The Bertz CT molecular complexity index is 526. The van der Waals surface area contributed by atoms with Crippen molar-refractivity contribution in [2.45, 2.75) is 6.42 Å². The lowest BCUT2D eigenvalue weighted by atomic mass is 10.1. The van der Waals surface area contributed by atoms with Crippen LogP contribution in [0.15, 0.2) is 36.8 Å². The van der Waals surface area contributed by atoms with Crippen LogP contribution in [0.1, 0.15) is 11.3 Å². The van der Waals surface area contributed by atoms with E-state index in [4.69, 9.17) is 4.74 Å². The van der Waals surface area contributed by atoms with Gasteiger partial charge in [-0.05, 0) is 6.07 Å². The molecule has 0 N–H and O–H groups in total. The molecule has 0 fully saturated rings. The second-order valence-electron chi connectivity index (χ2n) is 3.42. The van der Waals surface area contributed by atoms with Gasteiger partial charge < -0.3 is 9.94 Å². The summed E-state index contributed by atoms with van der Waals surface area (Å²) in [7, 11) is 0. The van der Waals surface area contributed by atoms with Gasteiger partial charge in [0.2, 0.25) is 5.75 Å². The van der Waals surface area contributed by atoms with Crippen molar-refractivity contribution in [3.05, 3.63) is 53.3 Å². The Hall–Kier alpha value is -2.10. The van der Waals surface area contributed by atoms with Gasteiger partial charge >= 0.3 is 0 Å². The Labute approximate surface area is 86.4 Å². The van der Waals surface area contributed by atoms with E-state index in [1.54, 1.807) is 6.20 Å². The Balaban J connectivity index is 2.15. The lowest BCUT2D eigenvalue weighted by molar-refractivity contribution is -0.617. The van der Waals surface area contributed by atoms with Crippen molar-refractivity contribution in [2.75, 3.05) is 0 Å². The van der Waals surface area contributed by atoms with Crippen molar-refractivity contribution in [1.29, 1.82) is 0 Å². The maximum Gasteiger partial charge on any atom is 0.289 e. The minimum atomic E-state index is 0.547. The van der Waals surface area contributed by atoms with Crippen molar-refractivity contribution in [2.24, 2.45) is 0 Å².